The van der Waals surface area contributed by atoms with Gasteiger partial charge in [-0.1, -0.05) is 0 Å². The molecule has 21 heavy (non-hydrogen) atoms. The number of hydrogen-bond donors (Lipinski definition) is 0. The lowest BCUT2D eigenvalue weighted by molar-refractivity contribution is -0.0369. The lowest BCUT2D eigenvalue weighted by Gasteiger charge is -2.26. The molecular weight excluding hydrogens is 280 g/mol. The van der Waals surface area contributed by atoms with Gasteiger partial charge in [0.1, 0.15) is 6.07 Å². The number of amides is 1. The Kier molecular flexibility index (Phi) is 4.23. The van der Waals surface area contributed by atoms with Crippen LogP contribution < -0.4 is 0 Å². The van der Waals surface area contributed by atoms with Crippen LogP contribution in [0.1, 0.15) is 19.7 Å². The Morgan fingerprint density at radius 1 is 1.43 bits per heavy atom. The van der Waals surface area contributed by atoms with E-state index in [0.717, 1.165) is 9.47 Å². The van der Waals surface area contributed by atoms with Crippen molar-refractivity contribution in [1.29, 1.82) is 5.26 Å². The molecule has 0 saturated carbocycles. The van der Waals surface area contributed by atoms with E-state index in [-0.39, 0.29) is 25.0 Å². The zero-order valence-electron chi connectivity index (χ0n) is 12.0. The fourth-order valence-corrected chi connectivity index (χ4v) is 2.33. The second-order valence-corrected chi connectivity index (χ2v) is 5.36. The summed E-state index contributed by atoms with van der Waals surface area (Å²) in [4.78, 5) is 18.7. The minimum atomic E-state index is -2.98. The van der Waals surface area contributed by atoms with Crippen molar-refractivity contribution >= 4 is 6.03 Å². The van der Waals surface area contributed by atoms with Gasteiger partial charge in [0.25, 0.3) is 5.92 Å². The van der Waals surface area contributed by atoms with Gasteiger partial charge >= 0.3 is 6.03 Å². The molecule has 1 aromatic rings. The van der Waals surface area contributed by atoms with Crippen LogP contribution in [0.25, 0.3) is 0 Å². The number of imidazole rings is 1. The maximum atomic E-state index is 14.0. The van der Waals surface area contributed by atoms with Gasteiger partial charge in [-0.3, -0.25) is 4.90 Å². The molecule has 0 N–H and O–H groups in total. The van der Waals surface area contributed by atoms with Gasteiger partial charge in [0, 0.05) is 31.5 Å². The first kappa shape index (κ1) is 15.4. The van der Waals surface area contributed by atoms with Crippen molar-refractivity contribution in [2.24, 2.45) is 0 Å². The molecule has 1 saturated heterocycles. The predicted molar refractivity (Wildman–Crippen MR) is 71.0 cm³/mol. The van der Waals surface area contributed by atoms with Crippen LogP contribution in [0.2, 0.25) is 0 Å². The second-order valence-electron chi connectivity index (χ2n) is 5.36. The minimum absolute atomic E-state index is 0.0196. The van der Waals surface area contributed by atoms with Crippen LogP contribution in [0.5, 0.6) is 0 Å². The summed E-state index contributed by atoms with van der Waals surface area (Å²) >= 11 is 0. The monoisotopic (exact) mass is 297 g/mol. The first-order valence-electron chi connectivity index (χ1n) is 6.68. The van der Waals surface area contributed by atoms with Crippen molar-refractivity contribution in [3.05, 3.63) is 18.2 Å². The van der Waals surface area contributed by atoms with Gasteiger partial charge in [0.05, 0.1) is 13.1 Å². The van der Waals surface area contributed by atoms with Crippen LogP contribution in [0.3, 0.4) is 0 Å². The number of carbonyl (C=O) groups is 1. The average Bonchev–Trinajstić information content (AvgIpc) is 2.82. The van der Waals surface area contributed by atoms with E-state index in [1.807, 2.05) is 13.8 Å². The van der Waals surface area contributed by atoms with E-state index < -0.39 is 18.5 Å². The standard InChI is InChI=1S/C13H17F2N5O/c1-10(2)18-5-6-19(9-13(14,15)8-18)12(21)20-4-3-17-11(20)7-16/h3-4,10H,5-6,8-9H2,1-2H3. The van der Waals surface area contributed by atoms with Gasteiger partial charge in [-0.15, -0.1) is 0 Å². The molecule has 2 rings (SSSR count). The molecule has 8 heteroatoms. The summed E-state index contributed by atoms with van der Waals surface area (Å²) in [6.07, 6.45) is 2.61. The van der Waals surface area contributed by atoms with E-state index >= 15 is 0 Å². The van der Waals surface area contributed by atoms with Gasteiger partial charge in [-0.25, -0.2) is 23.1 Å². The largest absolute Gasteiger partial charge is 0.330 e. The summed E-state index contributed by atoms with van der Waals surface area (Å²) < 4.78 is 29.0. The number of hydrogen-bond acceptors (Lipinski definition) is 4. The van der Waals surface area contributed by atoms with E-state index in [0.29, 0.717) is 6.54 Å². The maximum absolute atomic E-state index is 14.0. The van der Waals surface area contributed by atoms with E-state index in [1.54, 1.807) is 11.0 Å². The zero-order valence-corrected chi connectivity index (χ0v) is 12.0. The van der Waals surface area contributed by atoms with Crippen molar-refractivity contribution in [2.45, 2.75) is 25.8 Å². The first-order chi connectivity index (χ1) is 9.84. The number of nitrogens with zero attached hydrogens (tertiary/aromatic N) is 5. The van der Waals surface area contributed by atoms with E-state index in [2.05, 4.69) is 4.98 Å². The first-order valence-corrected chi connectivity index (χ1v) is 6.68. The van der Waals surface area contributed by atoms with Crippen LogP contribution in [0, 0.1) is 11.3 Å². The molecule has 114 valence electrons. The molecule has 0 radical (unpaired) electrons. The summed E-state index contributed by atoms with van der Waals surface area (Å²) in [5.41, 5.74) is 0. The highest BCUT2D eigenvalue weighted by Gasteiger charge is 2.39. The molecule has 1 fully saturated rings. The van der Waals surface area contributed by atoms with Crippen LogP contribution in [0.15, 0.2) is 12.4 Å². The molecule has 6 nitrogen and oxygen atoms in total. The minimum Gasteiger partial charge on any atom is -0.317 e. The number of rotatable bonds is 1. The normalized spacial score (nSPS) is 19.3. The highest BCUT2D eigenvalue weighted by atomic mass is 19.3. The Hall–Kier alpha value is -2.01. The molecular formula is C13H17F2N5O. The molecule has 0 spiro atoms. The molecule has 2 heterocycles. The smallest absolute Gasteiger partial charge is 0.317 e. The van der Waals surface area contributed by atoms with Gasteiger partial charge in [0.15, 0.2) is 0 Å². The Morgan fingerprint density at radius 3 is 2.76 bits per heavy atom. The maximum Gasteiger partial charge on any atom is 0.330 e. The predicted octanol–water partition coefficient (Wildman–Crippen LogP) is 1.38. The van der Waals surface area contributed by atoms with Crippen LogP contribution in [-0.4, -0.2) is 63.5 Å². The Balaban J connectivity index is 2.20. The molecule has 0 aromatic carbocycles. The molecule has 1 aliphatic heterocycles. The van der Waals surface area contributed by atoms with Crippen molar-refractivity contribution in [3.63, 3.8) is 0 Å². The number of aromatic nitrogens is 2. The Labute approximate surface area is 121 Å². The lowest BCUT2D eigenvalue weighted by atomic mass is 10.2. The molecule has 0 bridgehead atoms. The van der Waals surface area contributed by atoms with E-state index in [9.17, 15) is 13.6 Å². The molecule has 0 aliphatic carbocycles. The SMILES string of the molecule is CC(C)N1CCN(C(=O)n2ccnc2C#N)CC(F)(F)C1. The third-order valence-corrected chi connectivity index (χ3v) is 3.46. The second kappa shape index (κ2) is 5.77. The summed E-state index contributed by atoms with van der Waals surface area (Å²) in [6, 6.07) is 1.10. The average molecular weight is 297 g/mol. The van der Waals surface area contributed by atoms with Crippen molar-refractivity contribution in [2.75, 3.05) is 26.2 Å². The Bertz CT molecular complexity index is 563. The number of halogens is 2. The van der Waals surface area contributed by atoms with Crippen molar-refractivity contribution in [3.8, 4) is 6.07 Å². The van der Waals surface area contributed by atoms with E-state index in [4.69, 9.17) is 5.26 Å². The van der Waals surface area contributed by atoms with Crippen LogP contribution >= 0.6 is 0 Å². The molecule has 1 aliphatic rings. The van der Waals surface area contributed by atoms with Crippen molar-refractivity contribution in [1.82, 2.24) is 19.4 Å². The van der Waals surface area contributed by atoms with Crippen LogP contribution in [-0.2, 0) is 0 Å². The third kappa shape index (κ3) is 3.36. The molecule has 1 aromatic heterocycles. The summed E-state index contributed by atoms with van der Waals surface area (Å²) in [6.45, 7) is 3.22. The molecule has 0 unspecified atom stereocenters. The van der Waals surface area contributed by atoms with Crippen molar-refractivity contribution < 1.29 is 13.6 Å². The number of nitriles is 1. The van der Waals surface area contributed by atoms with E-state index in [1.165, 1.54) is 12.4 Å². The summed E-state index contributed by atoms with van der Waals surface area (Å²) in [7, 11) is 0. The Morgan fingerprint density at radius 2 is 2.14 bits per heavy atom. The number of alkyl halides is 2. The van der Waals surface area contributed by atoms with Gasteiger partial charge in [-0.2, -0.15) is 5.26 Å². The van der Waals surface area contributed by atoms with Gasteiger partial charge in [-0.05, 0) is 13.8 Å². The zero-order chi connectivity index (χ0) is 15.6. The molecule has 1 amide bonds. The van der Waals surface area contributed by atoms with Crippen LogP contribution in [0.4, 0.5) is 13.6 Å². The fraction of sp³-hybridized carbons (Fsp3) is 0.615. The number of carbonyl (C=O) groups excluding carboxylic acids is 1. The quantitative estimate of drug-likeness (QED) is 0.785. The highest BCUT2D eigenvalue weighted by Crippen LogP contribution is 2.22. The highest BCUT2D eigenvalue weighted by molar-refractivity contribution is 5.78. The third-order valence-electron chi connectivity index (χ3n) is 3.46. The topological polar surface area (TPSA) is 65.2 Å². The van der Waals surface area contributed by atoms with Gasteiger partial charge < -0.3 is 4.90 Å². The fourth-order valence-electron chi connectivity index (χ4n) is 2.33. The van der Waals surface area contributed by atoms with Gasteiger partial charge in [0.2, 0.25) is 5.82 Å². The lowest BCUT2D eigenvalue weighted by Crippen LogP contribution is -2.44. The summed E-state index contributed by atoms with van der Waals surface area (Å²) in [5.74, 6) is -3.09. The molecule has 0 atom stereocenters. The summed E-state index contributed by atoms with van der Waals surface area (Å²) in [5, 5.41) is 8.87.